The lowest BCUT2D eigenvalue weighted by atomic mass is 10.3. The second kappa shape index (κ2) is 6.01. The fraction of sp³-hybridized carbons (Fsp3) is 0.312. The van der Waals surface area contributed by atoms with Gasteiger partial charge in [-0.05, 0) is 24.6 Å². The third kappa shape index (κ3) is 3.16. The molecule has 6 heteroatoms. The van der Waals surface area contributed by atoms with E-state index in [2.05, 4.69) is 10.4 Å². The van der Waals surface area contributed by atoms with Crippen molar-refractivity contribution in [2.45, 2.75) is 12.8 Å². The molecule has 0 aliphatic heterocycles. The number of rotatable bonds is 6. The summed E-state index contributed by atoms with van der Waals surface area (Å²) >= 11 is 0. The second-order valence-corrected chi connectivity index (χ2v) is 5.42. The first-order chi connectivity index (χ1) is 10.6. The van der Waals surface area contributed by atoms with E-state index in [1.807, 2.05) is 42.6 Å². The number of carbonyl (C=O) groups excluding carboxylic acids is 1. The number of nitrogens with one attached hydrogen (secondary N) is 1. The van der Waals surface area contributed by atoms with Crippen LogP contribution in [0.4, 0.5) is 0 Å². The van der Waals surface area contributed by atoms with Crippen molar-refractivity contribution < 1.29 is 14.7 Å². The van der Waals surface area contributed by atoms with E-state index < -0.39 is 11.9 Å². The van der Waals surface area contributed by atoms with Crippen LogP contribution in [0.5, 0.6) is 0 Å². The maximum atomic E-state index is 11.7. The van der Waals surface area contributed by atoms with Crippen LogP contribution in [-0.2, 0) is 16.0 Å². The summed E-state index contributed by atoms with van der Waals surface area (Å²) in [6.07, 6.45) is 2.95. The summed E-state index contributed by atoms with van der Waals surface area (Å²) in [5.41, 5.74) is 1.87. The Morgan fingerprint density at radius 1 is 1.23 bits per heavy atom. The zero-order valence-electron chi connectivity index (χ0n) is 12.0. The molecule has 1 aliphatic rings. The zero-order chi connectivity index (χ0) is 15.5. The van der Waals surface area contributed by atoms with Gasteiger partial charge >= 0.3 is 5.97 Å². The van der Waals surface area contributed by atoms with Crippen LogP contribution in [0.2, 0.25) is 0 Å². The summed E-state index contributed by atoms with van der Waals surface area (Å²) in [5, 5.41) is 16.0. The highest BCUT2D eigenvalue weighted by atomic mass is 16.4. The monoisotopic (exact) mass is 299 g/mol. The Kier molecular flexibility index (Phi) is 3.91. The number of amides is 1. The molecule has 1 aromatic heterocycles. The number of carboxylic acids is 1. The van der Waals surface area contributed by atoms with Crippen molar-refractivity contribution in [2.75, 3.05) is 6.54 Å². The summed E-state index contributed by atoms with van der Waals surface area (Å²) in [5.74, 6) is -1.92. The lowest BCUT2D eigenvalue weighted by Gasteiger charge is -2.03. The number of carboxylic acid groups (broad SMARTS) is 1. The molecule has 1 aromatic carbocycles. The van der Waals surface area contributed by atoms with Gasteiger partial charge in [0, 0.05) is 19.2 Å². The molecule has 2 atom stereocenters. The SMILES string of the molecule is O=C(O)C1CC1C(=O)NCCc1ccn(-c2ccccc2)n1. The van der Waals surface area contributed by atoms with Crippen LogP contribution in [0, 0.1) is 11.8 Å². The van der Waals surface area contributed by atoms with Crippen LogP contribution in [-0.4, -0.2) is 33.3 Å². The largest absolute Gasteiger partial charge is 0.481 e. The first-order valence-electron chi connectivity index (χ1n) is 7.25. The summed E-state index contributed by atoms with van der Waals surface area (Å²) in [6, 6.07) is 11.7. The lowest BCUT2D eigenvalue weighted by molar-refractivity contribution is -0.140. The van der Waals surface area contributed by atoms with Gasteiger partial charge in [-0.1, -0.05) is 18.2 Å². The summed E-state index contributed by atoms with van der Waals surface area (Å²) < 4.78 is 1.79. The molecule has 1 amide bonds. The number of para-hydroxylation sites is 1. The highest BCUT2D eigenvalue weighted by molar-refractivity contribution is 5.89. The molecule has 114 valence electrons. The smallest absolute Gasteiger partial charge is 0.307 e. The molecule has 1 heterocycles. The number of hydrogen-bond acceptors (Lipinski definition) is 3. The van der Waals surface area contributed by atoms with E-state index in [-0.39, 0.29) is 11.8 Å². The van der Waals surface area contributed by atoms with Crippen LogP contribution < -0.4 is 5.32 Å². The summed E-state index contributed by atoms with van der Waals surface area (Å²) in [4.78, 5) is 22.5. The quantitative estimate of drug-likeness (QED) is 0.841. The number of hydrogen-bond donors (Lipinski definition) is 2. The average molecular weight is 299 g/mol. The number of carbonyl (C=O) groups is 2. The third-order valence-electron chi connectivity index (χ3n) is 3.79. The maximum Gasteiger partial charge on any atom is 0.307 e. The number of aromatic nitrogens is 2. The molecule has 2 N–H and O–H groups in total. The van der Waals surface area contributed by atoms with Crippen molar-refractivity contribution in [1.29, 1.82) is 0 Å². The molecule has 1 saturated carbocycles. The van der Waals surface area contributed by atoms with Crippen LogP contribution in [0.1, 0.15) is 12.1 Å². The van der Waals surface area contributed by atoms with Crippen molar-refractivity contribution in [1.82, 2.24) is 15.1 Å². The van der Waals surface area contributed by atoms with Gasteiger partial charge in [0.1, 0.15) is 0 Å². The van der Waals surface area contributed by atoms with Gasteiger partial charge in [0.2, 0.25) is 5.91 Å². The van der Waals surface area contributed by atoms with Gasteiger partial charge in [-0.25, -0.2) is 4.68 Å². The van der Waals surface area contributed by atoms with Crippen LogP contribution in [0.3, 0.4) is 0 Å². The number of benzene rings is 1. The molecule has 2 aromatic rings. The van der Waals surface area contributed by atoms with E-state index in [0.717, 1.165) is 11.4 Å². The van der Waals surface area contributed by atoms with E-state index >= 15 is 0 Å². The Hall–Kier alpha value is -2.63. The van der Waals surface area contributed by atoms with Crippen molar-refractivity contribution in [2.24, 2.45) is 11.8 Å². The highest BCUT2D eigenvalue weighted by Crippen LogP contribution is 2.38. The highest BCUT2D eigenvalue weighted by Gasteiger charge is 2.48. The van der Waals surface area contributed by atoms with Crippen LogP contribution >= 0.6 is 0 Å². The summed E-state index contributed by atoms with van der Waals surface area (Å²) in [6.45, 7) is 0.466. The van der Waals surface area contributed by atoms with E-state index in [4.69, 9.17) is 5.11 Å². The lowest BCUT2D eigenvalue weighted by Crippen LogP contribution is -2.28. The number of aliphatic carboxylic acids is 1. The molecule has 0 saturated heterocycles. The predicted octanol–water partition coefficient (Wildman–Crippen LogP) is 1.25. The molecular formula is C16H17N3O3. The molecule has 0 spiro atoms. The Morgan fingerprint density at radius 3 is 2.68 bits per heavy atom. The van der Waals surface area contributed by atoms with Gasteiger partial charge in [-0.3, -0.25) is 9.59 Å². The average Bonchev–Trinajstić information content (AvgIpc) is 3.21. The molecule has 2 unspecified atom stereocenters. The topological polar surface area (TPSA) is 84.2 Å². The van der Waals surface area contributed by atoms with E-state index in [1.54, 1.807) is 4.68 Å². The minimum Gasteiger partial charge on any atom is -0.481 e. The van der Waals surface area contributed by atoms with Crippen molar-refractivity contribution in [3.05, 3.63) is 48.3 Å². The van der Waals surface area contributed by atoms with Crippen molar-refractivity contribution >= 4 is 11.9 Å². The Morgan fingerprint density at radius 2 is 2.00 bits per heavy atom. The van der Waals surface area contributed by atoms with Gasteiger partial charge in [-0.15, -0.1) is 0 Å². The zero-order valence-corrected chi connectivity index (χ0v) is 12.0. The fourth-order valence-corrected chi connectivity index (χ4v) is 2.42. The van der Waals surface area contributed by atoms with Crippen LogP contribution in [0.15, 0.2) is 42.6 Å². The molecule has 0 radical (unpaired) electrons. The molecular weight excluding hydrogens is 282 g/mol. The van der Waals surface area contributed by atoms with E-state index in [9.17, 15) is 9.59 Å². The fourth-order valence-electron chi connectivity index (χ4n) is 2.42. The van der Waals surface area contributed by atoms with Gasteiger partial charge in [0.25, 0.3) is 0 Å². The minimum absolute atomic E-state index is 0.171. The molecule has 6 nitrogen and oxygen atoms in total. The Bertz CT molecular complexity index is 681. The molecule has 1 aliphatic carbocycles. The minimum atomic E-state index is -0.887. The van der Waals surface area contributed by atoms with Gasteiger partial charge in [-0.2, -0.15) is 5.10 Å². The normalized spacial score (nSPS) is 19.6. The standard InChI is InChI=1S/C16H17N3O3/c20-15(13-10-14(13)16(21)22)17-8-6-11-7-9-19(18-11)12-4-2-1-3-5-12/h1-5,7,9,13-14H,6,8,10H2,(H,17,20)(H,21,22). The predicted molar refractivity (Wildman–Crippen MR) is 79.5 cm³/mol. The molecule has 22 heavy (non-hydrogen) atoms. The second-order valence-electron chi connectivity index (χ2n) is 5.42. The maximum absolute atomic E-state index is 11.7. The van der Waals surface area contributed by atoms with Crippen LogP contribution in [0.25, 0.3) is 5.69 Å². The molecule has 0 bridgehead atoms. The van der Waals surface area contributed by atoms with Gasteiger partial charge in [0.15, 0.2) is 0 Å². The first-order valence-corrected chi connectivity index (χ1v) is 7.25. The van der Waals surface area contributed by atoms with Gasteiger partial charge in [0.05, 0.1) is 23.2 Å². The first kappa shape index (κ1) is 14.3. The van der Waals surface area contributed by atoms with E-state index in [0.29, 0.717) is 19.4 Å². The molecule has 1 fully saturated rings. The Balaban J connectivity index is 1.48. The molecule has 3 rings (SSSR count). The van der Waals surface area contributed by atoms with Crippen molar-refractivity contribution in [3.8, 4) is 5.69 Å². The Labute approximate surface area is 127 Å². The van der Waals surface area contributed by atoms with E-state index in [1.165, 1.54) is 0 Å². The summed E-state index contributed by atoms with van der Waals surface area (Å²) in [7, 11) is 0. The van der Waals surface area contributed by atoms with Gasteiger partial charge < -0.3 is 10.4 Å². The third-order valence-corrected chi connectivity index (χ3v) is 3.79. The van der Waals surface area contributed by atoms with Crippen molar-refractivity contribution in [3.63, 3.8) is 0 Å². The number of nitrogens with zero attached hydrogens (tertiary/aromatic N) is 2.